The number of hydrogen-bond acceptors (Lipinski definition) is 5. The van der Waals surface area contributed by atoms with Gasteiger partial charge in [0.05, 0.1) is 10.9 Å². The Balaban J connectivity index is 1.74. The lowest BCUT2D eigenvalue weighted by atomic mass is 10.1. The molecule has 0 unspecified atom stereocenters. The van der Waals surface area contributed by atoms with Gasteiger partial charge in [-0.05, 0) is 44.0 Å². The van der Waals surface area contributed by atoms with E-state index in [1.165, 1.54) is 12.8 Å². The molecule has 0 aliphatic carbocycles. The highest BCUT2D eigenvalue weighted by molar-refractivity contribution is 7.19. The second-order valence-corrected chi connectivity index (χ2v) is 8.41. The fourth-order valence-corrected chi connectivity index (χ4v) is 4.66. The first-order valence-corrected chi connectivity index (χ1v) is 10.4. The molecule has 1 aliphatic rings. The first-order chi connectivity index (χ1) is 13.1. The molecule has 4 rings (SSSR count). The summed E-state index contributed by atoms with van der Waals surface area (Å²) >= 11 is 7.48. The molecule has 0 atom stereocenters. The summed E-state index contributed by atoms with van der Waals surface area (Å²) in [6.45, 7) is 3.91. The molecule has 1 amide bonds. The average molecular weight is 401 g/mol. The highest BCUT2D eigenvalue weighted by Crippen LogP contribution is 2.36. The van der Waals surface area contributed by atoms with Gasteiger partial charge in [-0.3, -0.25) is 4.79 Å². The summed E-state index contributed by atoms with van der Waals surface area (Å²) in [5, 5.41) is 4.49. The lowest BCUT2D eigenvalue weighted by Crippen LogP contribution is -2.25. The molecule has 1 fully saturated rings. The van der Waals surface area contributed by atoms with Crippen LogP contribution in [0.5, 0.6) is 0 Å². The number of aryl methyl sites for hydroxylation is 1. The summed E-state index contributed by atoms with van der Waals surface area (Å²) in [7, 11) is 0. The number of anilines is 2. The zero-order valence-electron chi connectivity index (χ0n) is 15.2. The molecule has 2 aromatic heterocycles. The van der Waals surface area contributed by atoms with E-state index in [2.05, 4.69) is 20.2 Å². The molecule has 27 heavy (non-hydrogen) atoms. The number of aromatic nitrogens is 2. The molecule has 0 spiro atoms. The van der Waals surface area contributed by atoms with Gasteiger partial charge in [-0.1, -0.05) is 24.4 Å². The van der Waals surface area contributed by atoms with Crippen LogP contribution in [0, 0.1) is 6.92 Å². The lowest BCUT2D eigenvalue weighted by Gasteiger charge is -2.22. The van der Waals surface area contributed by atoms with Crippen LogP contribution in [0.25, 0.3) is 10.2 Å². The third-order valence-corrected chi connectivity index (χ3v) is 6.14. The van der Waals surface area contributed by atoms with Crippen LogP contribution < -0.4 is 10.2 Å². The molecule has 0 bridgehead atoms. The number of thiophene rings is 1. The number of amides is 1. The topological polar surface area (TPSA) is 58.1 Å². The molecule has 3 aromatic rings. The quantitative estimate of drug-likeness (QED) is 0.649. The maximum Gasteiger partial charge on any atom is 0.257 e. The van der Waals surface area contributed by atoms with E-state index >= 15 is 0 Å². The first kappa shape index (κ1) is 18.2. The van der Waals surface area contributed by atoms with Gasteiger partial charge in [-0.2, -0.15) is 0 Å². The number of nitrogens with zero attached hydrogens (tertiary/aromatic N) is 3. The summed E-state index contributed by atoms with van der Waals surface area (Å²) in [4.78, 5) is 26.2. The number of fused-ring (bicyclic) bond motifs is 1. The Hall–Kier alpha value is -2.18. The van der Waals surface area contributed by atoms with Crippen molar-refractivity contribution in [1.82, 2.24) is 9.97 Å². The van der Waals surface area contributed by atoms with Crippen molar-refractivity contribution in [2.24, 2.45) is 0 Å². The second kappa shape index (κ2) is 7.82. The monoisotopic (exact) mass is 400 g/mol. The van der Waals surface area contributed by atoms with Gasteiger partial charge in [0, 0.05) is 28.7 Å². The molecular weight excluding hydrogens is 380 g/mol. The number of hydrogen-bond donors (Lipinski definition) is 1. The minimum absolute atomic E-state index is 0.132. The molecule has 1 N–H and O–H groups in total. The number of nitrogens with one attached hydrogen (secondary N) is 1. The van der Waals surface area contributed by atoms with E-state index in [0.717, 1.165) is 52.5 Å². The van der Waals surface area contributed by atoms with Crippen LogP contribution in [0.4, 0.5) is 11.5 Å². The van der Waals surface area contributed by atoms with E-state index in [4.69, 9.17) is 11.6 Å². The minimum atomic E-state index is -0.132. The lowest BCUT2D eigenvalue weighted by molar-refractivity contribution is 0.102. The van der Waals surface area contributed by atoms with E-state index in [0.29, 0.717) is 10.6 Å². The minimum Gasteiger partial charge on any atom is -0.356 e. The Labute approximate surface area is 167 Å². The van der Waals surface area contributed by atoms with E-state index in [-0.39, 0.29) is 5.91 Å². The fraction of sp³-hybridized carbons (Fsp3) is 0.350. The molecule has 3 heterocycles. The number of carbonyl (C=O) groups is 1. The van der Waals surface area contributed by atoms with Crippen molar-refractivity contribution in [2.45, 2.75) is 32.6 Å². The van der Waals surface area contributed by atoms with Crippen LogP contribution >= 0.6 is 22.9 Å². The molecule has 5 nitrogen and oxygen atoms in total. The SMILES string of the molecule is Cc1sc2ncnc(N3CCCCCC3)c2c1C(=O)Nc1ccc(Cl)cc1. The standard InChI is InChI=1S/C20H21ClN4OS/c1-13-16(19(26)24-15-8-6-14(21)7-9-15)17-18(22-12-23-20(17)27-13)25-10-4-2-3-5-11-25/h6-9,12H,2-5,10-11H2,1H3,(H,24,26). The van der Waals surface area contributed by atoms with Gasteiger partial charge >= 0.3 is 0 Å². The molecule has 1 aromatic carbocycles. The van der Waals surface area contributed by atoms with Crippen molar-refractivity contribution < 1.29 is 4.79 Å². The van der Waals surface area contributed by atoms with Gasteiger partial charge < -0.3 is 10.2 Å². The first-order valence-electron chi connectivity index (χ1n) is 9.19. The summed E-state index contributed by atoms with van der Waals surface area (Å²) in [6.07, 6.45) is 6.41. The van der Waals surface area contributed by atoms with Gasteiger partial charge in [0.1, 0.15) is 17.0 Å². The van der Waals surface area contributed by atoms with E-state index < -0.39 is 0 Å². The summed E-state index contributed by atoms with van der Waals surface area (Å²) in [5.74, 6) is 0.749. The van der Waals surface area contributed by atoms with Crippen LogP contribution in [-0.2, 0) is 0 Å². The van der Waals surface area contributed by atoms with E-state index in [9.17, 15) is 4.79 Å². The van der Waals surface area contributed by atoms with Crippen molar-refractivity contribution >= 4 is 50.6 Å². The predicted octanol–water partition coefficient (Wildman–Crippen LogP) is 5.29. The summed E-state index contributed by atoms with van der Waals surface area (Å²) < 4.78 is 0. The highest BCUT2D eigenvalue weighted by Gasteiger charge is 2.24. The average Bonchev–Trinajstić information content (AvgIpc) is 2.83. The maximum absolute atomic E-state index is 13.1. The molecule has 1 saturated heterocycles. The van der Waals surface area contributed by atoms with Gasteiger partial charge in [-0.25, -0.2) is 9.97 Å². The third kappa shape index (κ3) is 3.77. The highest BCUT2D eigenvalue weighted by atomic mass is 35.5. The normalized spacial score (nSPS) is 15.0. The molecule has 0 saturated carbocycles. The van der Waals surface area contributed by atoms with E-state index in [1.54, 1.807) is 41.9 Å². The zero-order valence-corrected chi connectivity index (χ0v) is 16.7. The molecule has 140 valence electrons. The van der Waals surface area contributed by atoms with Crippen molar-refractivity contribution in [2.75, 3.05) is 23.3 Å². The van der Waals surface area contributed by atoms with Crippen molar-refractivity contribution in [3.05, 3.63) is 46.1 Å². The molecule has 1 aliphatic heterocycles. The summed E-state index contributed by atoms with van der Waals surface area (Å²) in [6, 6.07) is 7.13. The summed E-state index contributed by atoms with van der Waals surface area (Å²) in [5.41, 5.74) is 1.39. The number of rotatable bonds is 3. The Kier molecular flexibility index (Phi) is 5.27. The van der Waals surface area contributed by atoms with Crippen LogP contribution in [0.2, 0.25) is 5.02 Å². The van der Waals surface area contributed by atoms with Crippen LogP contribution in [0.3, 0.4) is 0 Å². The molecule has 0 radical (unpaired) electrons. The number of carbonyl (C=O) groups excluding carboxylic acids is 1. The smallest absolute Gasteiger partial charge is 0.257 e. The molecular formula is C20H21ClN4OS. The van der Waals surface area contributed by atoms with Crippen LogP contribution in [0.1, 0.15) is 40.9 Å². The Bertz CT molecular complexity index is 962. The zero-order chi connectivity index (χ0) is 18.8. The largest absolute Gasteiger partial charge is 0.356 e. The van der Waals surface area contributed by atoms with Gasteiger partial charge in [0.2, 0.25) is 0 Å². The van der Waals surface area contributed by atoms with Gasteiger partial charge in [-0.15, -0.1) is 11.3 Å². The Morgan fingerprint density at radius 2 is 1.81 bits per heavy atom. The fourth-order valence-electron chi connectivity index (χ4n) is 3.55. The Morgan fingerprint density at radius 3 is 2.52 bits per heavy atom. The van der Waals surface area contributed by atoms with Crippen molar-refractivity contribution in [3.63, 3.8) is 0 Å². The van der Waals surface area contributed by atoms with E-state index in [1.807, 2.05) is 6.92 Å². The number of benzene rings is 1. The second-order valence-electron chi connectivity index (χ2n) is 6.77. The predicted molar refractivity (Wildman–Crippen MR) is 112 cm³/mol. The van der Waals surface area contributed by atoms with Crippen molar-refractivity contribution in [1.29, 1.82) is 0 Å². The van der Waals surface area contributed by atoms with Crippen LogP contribution in [-0.4, -0.2) is 29.0 Å². The van der Waals surface area contributed by atoms with Crippen LogP contribution in [0.15, 0.2) is 30.6 Å². The van der Waals surface area contributed by atoms with Gasteiger partial charge in [0.15, 0.2) is 0 Å². The van der Waals surface area contributed by atoms with Gasteiger partial charge in [0.25, 0.3) is 5.91 Å². The molecule has 7 heteroatoms. The Morgan fingerprint density at radius 1 is 1.11 bits per heavy atom. The van der Waals surface area contributed by atoms with Crippen molar-refractivity contribution in [3.8, 4) is 0 Å². The number of halogens is 1. The third-order valence-electron chi connectivity index (χ3n) is 4.88. The maximum atomic E-state index is 13.1.